The lowest BCUT2D eigenvalue weighted by Crippen LogP contribution is -2.43. The van der Waals surface area contributed by atoms with E-state index in [1.807, 2.05) is 54.6 Å². The van der Waals surface area contributed by atoms with Crippen LogP contribution in [-0.2, 0) is 10.2 Å². The van der Waals surface area contributed by atoms with E-state index in [-0.39, 0.29) is 17.9 Å². The highest BCUT2D eigenvalue weighted by atomic mass is 79.9. The Labute approximate surface area is 242 Å². The Morgan fingerprint density at radius 3 is 1.98 bits per heavy atom. The molecule has 0 aliphatic heterocycles. The average molecular weight is 601 g/mol. The van der Waals surface area contributed by atoms with Gasteiger partial charge in [-0.3, -0.25) is 25.2 Å². The monoisotopic (exact) mass is 599 g/mol. The highest BCUT2D eigenvalue weighted by Crippen LogP contribution is 2.30. The second-order valence-electron chi connectivity index (χ2n) is 10.2. The molecule has 4 aromatic carbocycles. The van der Waals surface area contributed by atoms with Crippen molar-refractivity contribution in [1.82, 2.24) is 10.9 Å². The predicted octanol–water partition coefficient (Wildman–Crippen LogP) is 6.51. The number of halogens is 1. The first kappa shape index (κ1) is 28.6. The summed E-state index contributed by atoms with van der Waals surface area (Å²) in [5.41, 5.74) is 9.33. The first-order valence-corrected chi connectivity index (χ1v) is 13.5. The molecule has 204 valence electrons. The van der Waals surface area contributed by atoms with Gasteiger partial charge in [0.15, 0.2) is 6.61 Å². The van der Waals surface area contributed by atoms with Crippen molar-refractivity contribution in [1.29, 1.82) is 0 Å². The molecule has 4 aromatic rings. The van der Waals surface area contributed by atoms with Gasteiger partial charge in [0.25, 0.3) is 17.7 Å². The fourth-order valence-electron chi connectivity index (χ4n) is 3.84. The van der Waals surface area contributed by atoms with Gasteiger partial charge < -0.3 is 10.1 Å². The van der Waals surface area contributed by atoms with Crippen molar-refractivity contribution in [2.24, 2.45) is 0 Å². The molecule has 0 unspecified atom stereocenters. The second-order valence-corrected chi connectivity index (χ2v) is 11.0. The van der Waals surface area contributed by atoms with E-state index in [2.05, 4.69) is 52.9 Å². The molecule has 0 atom stereocenters. The summed E-state index contributed by atoms with van der Waals surface area (Å²) < 4.78 is 6.30. The van der Waals surface area contributed by atoms with Crippen LogP contribution >= 0.6 is 15.9 Å². The van der Waals surface area contributed by atoms with Crippen LogP contribution in [0.1, 0.15) is 47.1 Å². The van der Waals surface area contributed by atoms with Gasteiger partial charge >= 0.3 is 0 Å². The number of carbonyl (C=O) groups excluding carboxylic acids is 3. The standard InChI is InChI=1S/C32H30BrN3O4/c1-32(2,3)25-14-9-22(10-15-25)30(38)34-26-16-11-23(12-17-26)31(39)36-35-29(37)20-40-28-18-13-24(19-27(28)33)21-7-5-4-6-8-21/h4-19H,20H2,1-3H3,(H,34,38)(H,35,37)(H,36,39). The van der Waals surface area contributed by atoms with E-state index >= 15 is 0 Å². The minimum atomic E-state index is -0.520. The van der Waals surface area contributed by atoms with Crippen molar-refractivity contribution in [3.63, 3.8) is 0 Å². The number of benzene rings is 4. The third-order valence-electron chi connectivity index (χ3n) is 6.13. The summed E-state index contributed by atoms with van der Waals surface area (Å²) in [6.07, 6.45) is 0. The maximum Gasteiger partial charge on any atom is 0.276 e. The zero-order chi connectivity index (χ0) is 28.7. The van der Waals surface area contributed by atoms with Crippen LogP contribution < -0.4 is 20.9 Å². The van der Waals surface area contributed by atoms with Crippen LogP contribution in [0.3, 0.4) is 0 Å². The molecule has 0 aromatic heterocycles. The second kappa shape index (κ2) is 12.6. The zero-order valence-electron chi connectivity index (χ0n) is 22.5. The number of rotatable bonds is 7. The quantitative estimate of drug-likeness (QED) is 0.211. The highest BCUT2D eigenvalue weighted by molar-refractivity contribution is 9.10. The van der Waals surface area contributed by atoms with Gasteiger partial charge in [0.05, 0.1) is 4.47 Å². The van der Waals surface area contributed by atoms with Gasteiger partial charge in [-0.05, 0) is 86.6 Å². The molecule has 0 radical (unpaired) electrons. The zero-order valence-corrected chi connectivity index (χ0v) is 24.0. The molecule has 40 heavy (non-hydrogen) atoms. The van der Waals surface area contributed by atoms with Crippen LogP contribution in [0.2, 0.25) is 0 Å². The first-order valence-electron chi connectivity index (χ1n) is 12.7. The molecule has 0 fully saturated rings. The summed E-state index contributed by atoms with van der Waals surface area (Å²) in [5, 5.41) is 2.82. The summed E-state index contributed by atoms with van der Waals surface area (Å²) in [4.78, 5) is 37.3. The summed E-state index contributed by atoms with van der Waals surface area (Å²) in [6.45, 7) is 6.06. The van der Waals surface area contributed by atoms with E-state index < -0.39 is 11.8 Å². The molecular weight excluding hydrogens is 570 g/mol. The van der Waals surface area contributed by atoms with Gasteiger partial charge in [-0.15, -0.1) is 0 Å². The first-order chi connectivity index (χ1) is 19.1. The van der Waals surface area contributed by atoms with Crippen LogP contribution in [0, 0.1) is 0 Å². The summed E-state index contributed by atoms with van der Waals surface area (Å²) in [7, 11) is 0. The molecule has 0 saturated carbocycles. The number of hydrazine groups is 1. The molecule has 0 heterocycles. The minimum absolute atomic E-state index is 0.00412. The van der Waals surface area contributed by atoms with Gasteiger partial charge in [-0.25, -0.2) is 0 Å². The highest BCUT2D eigenvalue weighted by Gasteiger charge is 2.15. The van der Waals surface area contributed by atoms with E-state index in [0.717, 1.165) is 16.7 Å². The largest absolute Gasteiger partial charge is 0.483 e. The van der Waals surface area contributed by atoms with Crippen LogP contribution in [0.4, 0.5) is 5.69 Å². The number of nitrogens with one attached hydrogen (secondary N) is 3. The average Bonchev–Trinajstić information content (AvgIpc) is 2.95. The van der Waals surface area contributed by atoms with Crippen molar-refractivity contribution >= 4 is 39.3 Å². The number of hydrogen-bond donors (Lipinski definition) is 3. The number of amides is 3. The molecule has 0 aliphatic rings. The molecule has 8 heteroatoms. The Hall–Kier alpha value is -4.43. The number of anilines is 1. The molecule has 3 amide bonds. The topological polar surface area (TPSA) is 96.5 Å². The van der Waals surface area contributed by atoms with Gasteiger partial charge in [0.2, 0.25) is 0 Å². The fraction of sp³-hybridized carbons (Fsp3) is 0.156. The molecule has 0 aliphatic carbocycles. The van der Waals surface area contributed by atoms with Crippen LogP contribution in [0.5, 0.6) is 5.75 Å². The molecular formula is C32H30BrN3O4. The van der Waals surface area contributed by atoms with E-state index in [4.69, 9.17) is 4.74 Å². The molecule has 4 rings (SSSR count). The summed E-state index contributed by atoms with van der Waals surface area (Å²) in [5.74, 6) is -0.763. The normalized spacial score (nSPS) is 10.9. The molecule has 7 nitrogen and oxygen atoms in total. The van der Waals surface area contributed by atoms with Crippen molar-refractivity contribution < 1.29 is 19.1 Å². The van der Waals surface area contributed by atoms with Crippen molar-refractivity contribution in [3.05, 3.63) is 118 Å². The number of carbonyl (C=O) groups is 3. The van der Waals surface area contributed by atoms with Crippen LogP contribution in [-0.4, -0.2) is 24.3 Å². The predicted molar refractivity (Wildman–Crippen MR) is 160 cm³/mol. The van der Waals surface area contributed by atoms with Crippen molar-refractivity contribution in [3.8, 4) is 16.9 Å². The van der Waals surface area contributed by atoms with Crippen LogP contribution in [0.15, 0.2) is 102 Å². The van der Waals surface area contributed by atoms with E-state index in [1.165, 1.54) is 0 Å². The maximum atomic E-state index is 12.6. The fourth-order valence-corrected chi connectivity index (χ4v) is 4.33. The van der Waals surface area contributed by atoms with Crippen molar-refractivity contribution in [2.45, 2.75) is 26.2 Å². The van der Waals surface area contributed by atoms with Crippen molar-refractivity contribution in [2.75, 3.05) is 11.9 Å². The molecule has 0 saturated heterocycles. The van der Waals surface area contributed by atoms with Gasteiger partial charge in [-0.1, -0.05) is 69.3 Å². The summed E-state index contributed by atoms with van der Waals surface area (Å²) >= 11 is 3.48. The van der Waals surface area contributed by atoms with Gasteiger partial charge in [0.1, 0.15) is 5.75 Å². The Morgan fingerprint density at radius 1 is 0.725 bits per heavy atom. The lowest BCUT2D eigenvalue weighted by molar-refractivity contribution is -0.123. The summed E-state index contributed by atoms with van der Waals surface area (Å²) in [6, 6.07) is 29.3. The van der Waals surface area contributed by atoms with Gasteiger partial charge in [0, 0.05) is 16.8 Å². The van der Waals surface area contributed by atoms with E-state index in [9.17, 15) is 14.4 Å². The Bertz CT molecular complexity index is 1500. The lowest BCUT2D eigenvalue weighted by atomic mass is 9.87. The third-order valence-corrected chi connectivity index (χ3v) is 6.75. The lowest BCUT2D eigenvalue weighted by Gasteiger charge is -2.19. The maximum absolute atomic E-state index is 12.6. The Balaban J connectivity index is 1.24. The van der Waals surface area contributed by atoms with E-state index in [0.29, 0.717) is 27.0 Å². The number of ether oxygens (including phenoxy) is 1. The minimum Gasteiger partial charge on any atom is -0.483 e. The Morgan fingerprint density at radius 2 is 1.35 bits per heavy atom. The van der Waals surface area contributed by atoms with Gasteiger partial charge in [-0.2, -0.15) is 0 Å². The number of hydrogen-bond acceptors (Lipinski definition) is 4. The molecule has 3 N–H and O–H groups in total. The van der Waals surface area contributed by atoms with Crippen LogP contribution in [0.25, 0.3) is 11.1 Å². The smallest absolute Gasteiger partial charge is 0.276 e. The molecule has 0 spiro atoms. The third kappa shape index (κ3) is 7.57. The molecule has 0 bridgehead atoms. The van der Waals surface area contributed by atoms with E-state index in [1.54, 1.807) is 42.5 Å². The Kier molecular flexibility index (Phi) is 9.01. The SMILES string of the molecule is CC(C)(C)c1ccc(C(=O)Nc2ccc(C(=O)NNC(=O)COc3ccc(-c4ccccc4)cc3Br)cc2)cc1.